The summed E-state index contributed by atoms with van der Waals surface area (Å²) in [7, 11) is 1.58. The van der Waals surface area contributed by atoms with Gasteiger partial charge >= 0.3 is 0 Å². The van der Waals surface area contributed by atoms with Crippen molar-refractivity contribution in [3.05, 3.63) is 27.7 Å². The molecule has 0 aromatic heterocycles. The molecule has 0 bridgehead atoms. The molecule has 0 aliphatic carbocycles. The first-order valence-corrected chi connectivity index (χ1v) is 6.09. The molecule has 90 valence electrons. The molecular weight excluding hydrogens is 245 g/mol. The molecule has 0 saturated carbocycles. The van der Waals surface area contributed by atoms with Crippen LogP contribution in [0.4, 0.5) is 0 Å². The Morgan fingerprint density at radius 2 is 2.00 bits per heavy atom. The van der Waals surface area contributed by atoms with E-state index in [0.29, 0.717) is 28.3 Å². The molecule has 0 saturated heterocycles. The summed E-state index contributed by atoms with van der Waals surface area (Å²) >= 11 is 12.2. The Balaban J connectivity index is 2.92. The summed E-state index contributed by atoms with van der Waals surface area (Å²) in [6.45, 7) is 2.78. The quantitative estimate of drug-likeness (QED) is 0.881. The first kappa shape index (κ1) is 13.6. The van der Waals surface area contributed by atoms with Gasteiger partial charge in [0.2, 0.25) is 0 Å². The van der Waals surface area contributed by atoms with E-state index in [4.69, 9.17) is 33.7 Å². The van der Waals surface area contributed by atoms with Crippen molar-refractivity contribution in [2.45, 2.75) is 19.8 Å². The van der Waals surface area contributed by atoms with Crippen LogP contribution in [0.2, 0.25) is 10.0 Å². The second-order valence-electron chi connectivity index (χ2n) is 3.79. The number of nitrogens with two attached hydrogens (primary N) is 1. The van der Waals surface area contributed by atoms with E-state index < -0.39 is 0 Å². The number of methoxy groups -OCH3 is 1. The van der Waals surface area contributed by atoms with Crippen LogP contribution in [-0.4, -0.2) is 13.7 Å². The Hall–Kier alpha value is -0.440. The molecule has 2 nitrogen and oxygen atoms in total. The third kappa shape index (κ3) is 3.27. The van der Waals surface area contributed by atoms with Crippen LogP contribution in [0, 0.1) is 5.92 Å². The van der Waals surface area contributed by atoms with E-state index in [9.17, 15) is 0 Å². The summed E-state index contributed by atoms with van der Waals surface area (Å²) < 4.78 is 5.10. The Bertz CT molecular complexity index is 351. The van der Waals surface area contributed by atoms with E-state index in [1.54, 1.807) is 13.2 Å². The maximum Gasteiger partial charge on any atom is 0.138 e. The number of hydrogen-bond acceptors (Lipinski definition) is 2. The van der Waals surface area contributed by atoms with Crippen LogP contribution in [-0.2, 0) is 6.42 Å². The summed E-state index contributed by atoms with van der Waals surface area (Å²) in [5.41, 5.74) is 6.71. The number of ether oxygens (including phenoxy) is 1. The lowest BCUT2D eigenvalue weighted by molar-refractivity contribution is 0.414. The molecule has 1 unspecified atom stereocenters. The standard InChI is InChI=1S/C12H17Cl2NO/c1-3-8(7-15)4-9-5-11(14)12(16-2)6-10(9)13/h5-6,8H,3-4,7,15H2,1-2H3. The Kier molecular flexibility index (Phi) is 5.39. The van der Waals surface area contributed by atoms with Crippen molar-refractivity contribution in [3.8, 4) is 5.75 Å². The molecule has 1 aromatic rings. The van der Waals surface area contributed by atoms with Crippen molar-refractivity contribution in [2.75, 3.05) is 13.7 Å². The SMILES string of the molecule is CCC(CN)Cc1cc(Cl)c(OC)cc1Cl. The minimum absolute atomic E-state index is 0.446. The Morgan fingerprint density at radius 3 is 2.50 bits per heavy atom. The Morgan fingerprint density at radius 1 is 1.31 bits per heavy atom. The number of rotatable bonds is 5. The summed E-state index contributed by atoms with van der Waals surface area (Å²) in [5.74, 6) is 1.05. The van der Waals surface area contributed by atoms with Gasteiger partial charge < -0.3 is 10.5 Å². The van der Waals surface area contributed by atoms with Gasteiger partial charge in [0.25, 0.3) is 0 Å². The topological polar surface area (TPSA) is 35.2 Å². The van der Waals surface area contributed by atoms with Crippen LogP contribution < -0.4 is 10.5 Å². The van der Waals surface area contributed by atoms with Gasteiger partial charge in [0.15, 0.2) is 0 Å². The van der Waals surface area contributed by atoms with Gasteiger partial charge in [-0.05, 0) is 30.5 Å². The highest BCUT2D eigenvalue weighted by Crippen LogP contribution is 2.32. The highest BCUT2D eigenvalue weighted by atomic mass is 35.5. The van der Waals surface area contributed by atoms with Crippen molar-refractivity contribution >= 4 is 23.2 Å². The fourth-order valence-electron chi connectivity index (χ4n) is 1.59. The molecule has 1 aromatic carbocycles. The van der Waals surface area contributed by atoms with Crippen LogP contribution >= 0.6 is 23.2 Å². The van der Waals surface area contributed by atoms with Crippen molar-refractivity contribution in [3.63, 3.8) is 0 Å². The van der Waals surface area contributed by atoms with Crippen LogP contribution in [0.25, 0.3) is 0 Å². The molecule has 2 N–H and O–H groups in total. The van der Waals surface area contributed by atoms with Gasteiger partial charge in [-0.3, -0.25) is 0 Å². The predicted octanol–water partition coefficient (Wildman–Crippen LogP) is 3.53. The zero-order chi connectivity index (χ0) is 12.1. The third-order valence-electron chi connectivity index (χ3n) is 2.74. The molecule has 0 aliphatic rings. The molecule has 0 aliphatic heterocycles. The maximum absolute atomic E-state index is 6.16. The molecule has 0 spiro atoms. The van der Waals surface area contributed by atoms with Crippen LogP contribution in [0.1, 0.15) is 18.9 Å². The highest BCUT2D eigenvalue weighted by molar-refractivity contribution is 6.34. The van der Waals surface area contributed by atoms with Gasteiger partial charge in [0.1, 0.15) is 5.75 Å². The van der Waals surface area contributed by atoms with Crippen LogP contribution in [0.15, 0.2) is 12.1 Å². The molecule has 0 radical (unpaired) electrons. The highest BCUT2D eigenvalue weighted by Gasteiger charge is 2.11. The van der Waals surface area contributed by atoms with Gasteiger partial charge in [0, 0.05) is 11.1 Å². The van der Waals surface area contributed by atoms with Gasteiger partial charge in [-0.25, -0.2) is 0 Å². The second-order valence-corrected chi connectivity index (χ2v) is 4.61. The average Bonchev–Trinajstić information content (AvgIpc) is 2.29. The number of hydrogen-bond donors (Lipinski definition) is 1. The van der Waals surface area contributed by atoms with E-state index in [2.05, 4.69) is 6.92 Å². The minimum Gasteiger partial charge on any atom is -0.495 e. The van der Waals surface area contributed by atoms with E-state index >= 15 is 0 Å². The van der Waals surface area contributed by atoms with Crippen molar-refractivity contribution in [1.29, 1.82) is 0 Å². The molecule has 4 heteroatoms. The van der Waals surface area contributed by atoms with E-state index in [-0.39, 0.29) is 0 Å². The molecule has 0 amide bonds. The molecule has 16 heavy (non-hydrogen) atoms. The summed E-state index contributed by atoms with van der Waals surface area (Å²) in [6.07, 6.45) is 1.89. The number of benzene rings is 1. The molecule has 0 fully saturated rings. The lowest BCUT2D eigenvalue weighted by Crippen LogP contribution is -2.16. The van der Waals surface area contributed by atoms with E-state index in [0.717, 1.165) is 18.4 Å². The summed E-state index contributed by atoms with van der Waals surface area (Å²) in [4.78, 5) is 0. The summed E-state index contributed by atoms with van der Waals surface area (Å²) in [5, 5.41) is 1.28. The monoisotopic (exact) mass is 261 g/mol. The largest absolute Gasteiger partial charge is 0.495 e. The molecule has 0 heterocycles. The first-order valence-electron chi connectivity index (χ1n) is 5.34. The zero-order valence-corrected chi connectivity index (χ0v) is 11.1. The third-order valence-corrected chi connectivity index (χ3v) is 3.39. The predicted molar refractivity (Wildman–Crippen MR) is 69.6 cm³/mol. The molecule has 1 atom stereocenters. The lowest BCUT2D eigenvalue weighted by atomic mass is 9.97. The van der Waals surface area contributed by atoms with Crippen LogP contribution in [0.3, 0.4) is 0 Å². The van der Waals surface area contributed by atoms with Gasteiger partial charge in [-0.1, -0.05) is 36.5 Å². The lowest BCUT2D eigenvalue weighted by Gasteiger charge is -2.14. The second kappa shape index (κ2) is 6.33. The van der Waals surface area contributed by atoms with Gasteiger partial charge in [-0.15, -0.1) is 0 Å². The average molecular weight is 262 g/mol. The van der Waals surface area contributed by atoms with Crippen molar-refractivity contribution in [1.82, 2.24) is 0 Å². The zero-order valence-electron chi connectivity index (χ0n) is 9.59. The molecular formula is C12H17Cl2NO. The smallest absolute Gasteiger partial charge is 0.138 e. The van der Waals surface area contributed by atoms with Crippen molar-refractivity contribution in [2.24, 2.45) is 11.7 Å². The number of halogens is 2. The Labute approximate surface area is 107 Å². The van der Waals surface area contributed by atoms with Gasteiger partial charge in [-0.2, -0.15) is 0 Å². The maximum atomic E-state index is 6.16. The summed E-state index contributed by atoms with van der Waals surface area (Å²) in [6, 6.07) is 3.61. The van der Waals surface area contributed by atoms with Crippen LogP contribution in [0.5, 0.6) is 5.75 Å². The fraction of sp³-hybridized carbons (Fsp3) is 0.500. The van der Waals surface area contributed by atoms with E-state index in [1.165, 1.54) is 0 Å². The molecule has 1 rings (SSSR count). The van der Waals surface area contributed by atoms with Gasteiger partial charge in [0.05, 0.1) is 12.1 Å². The fourth-order valence-corrected chi connectivity index (χ4v) is 2.08. The normalized spacial score (nSPS) is 12.6. The minimum atomic E-state index is 0.446. The van der Waals surface area contributed by atoms with Crippen molar-refractivity contribution < 1.29 is 4.74 Å². The van der Waals surface area contributed by atoms with E-state index in [1.807, 2.05) is 6.07 Å². The first-order chi connectivity index (χ1) is 7.62.